The summed E-state index contributed by atoms with van der Waals surface area (Å²) in [5.74, 6) is -0.183. The summed E-state index contributed by atoms with van der Waals surface area (Å²) in [7, 11) is 1.49. The van der Waals surface area contributed by atoms with E-state index in [0.717, 1.165) is 16.7 Å². The molecular weight excluding hydrogens is 323 g/mol. The van der Waals surface area contributed by atoms with Crippen LogP contribution in [-0.2, 0) is 19.8 Å². The van der Waals surface area contributed by atoms with Gasteiger partial charge in [-0.3, -0.25) is 10.1 Å². The molecule has 0 saturated heterocycles. The minimum atomic E-state index is -4.52. The Hall–Kier alpha value is -2.43. The summed E-state index contributed by atoms with van der Waals surface area (Å²) in [6.45, 7) is -0.195. The molecule has 2 rings (SSSR count). The van der Waals surface area contributed by atoms with Crippen LogP contribution in [0.2, 0.25) is 0 Å². The number of amides is 2. The Labute approximate surface area is 125 Å². The molecule has 0 saturated carbocycles. The number of halogens is 3. The van der Waals surface area contributed by atoms with E-state index >= 15 is 0 Å². The average molecular weight is 333 g/mol. The van der Waals surface area contributed by atoms with Gasteiger partial charge in [0.15, 0.2) is 5.69 Å². The lowest BCUT2D eigenvalue weighted by atomic mass is 10.5. The Bertz CT molecular complexity index is 740. The first-order chi connectivity index (χ1) is 10.3. The van der Waals surface area contributed by atoms with Crippen molar-refractivity contribution in [3.63, 3.8) is 0 Å². The van der Waals surface area contributed by atoms with E-state index in [-0.39, 0.29) is 17.4 Å². The third kappa shape index (κ3) is 3.81. The number of anilines is 1. The van der Waals surface area contributed by atoms with Crippen molar-refractivity contribution in [2.24, 2.45) is 7.05 Å². The second-order valence-electron chi connectivity index (χ2n) is 4.12. The number of rotatable bonds is 3. The highest BCUT2D eigenvalue weighted by molar-refractivity contribution is 7.09. The molecule has 0 aliphatic heterocycles. The number of hydrogen-bond acceptors (Lipinski definition) is 5. The molecule has 2 aromatic rings. The van der Waals surface area contributed by atoms with Crippen LogP contribution in [0.4, 0.5) is 23.8 Å². The quantitative estimate of drug-likeness (QED) is 0.892. The number of hydrogen-bond donors (Lipinski definition) is 2. The highest BCUT2D eigenvalue weighted by atomic mass is 32.1. The first-order valence-corrected chi connectivity index (χ1v) is 6.73. The van der Waals surface area contributed by atoms with E-state index in [1.54, 1.807) is 0 Å². The van der Waals surface area contributed by atoms with Crippen LogP contribution in [-0.4, -0.2) is 20.6 Å². The first-order valence-electron chi connectivity index (χ1n) is 5.85. The number of thiazole rings is 1. The van der Waals surface area contributed by atoms with Crippen molar-refractivity contribution in [3.8, 4) is 0 Å². The van der Waals surface area contributed by atoms with Crippen molar-refractivity contribution in [1.29, 1.82) is 0 Å². The van der Waals surface area contributed by atoms with Crippen LogP contribution in [0.1, 0.15) is 10.7 Å². The number of aromatic nitrogens is 3. The maximum Gasteiger partial charge on any atom is 0.434 e. The zero-order chi connectivity index (χ0) is 16.3. The number of nitrogens with zero attached hydrogens (tertiary/aromatic N) is 3. The molecule has 2 N–H and O–H groups in total. The molecule has 7 nitrogen and oxygen atoms in total. The third-order valence-electron chi connectivity index (χ3n) is 2.49. The monoisotopic (exact) mass is 333 g/mol. The van der Waals surface area contributed by atoms with Gasteiger partial charge in [0.05, 0.1) is 6.54 Å². The van der Waals surface area contributed by atoms with Crippen LogP contribution < -0.4 is 16.2 Å². The lowest BCUT2D eigenvalue weighted by Crippen LogP contribution is -2.32. The molecule has 0 fully saturated rings. The van der Waals surface area contributed by atoms with E-state index in [4.69, 9.17) is 0 Å². The number of aryl methyl sites for hydroxylation is 1. The summed E-state index contributed by atoms with van der Waals surface area (Å²) in [6.07, 6.45) is -1.77. The average Bonchev–Trinajstić information content (AvgIpc) is 2.91. The van der Waals surface area contributed by atoms with Crippen LogP contribution >= 0.6 is 11.3 Å². The zero-order valence-electron chi connectivity index (χ0n) is 11.1. The summed E-state index contributed by atoms with van der Waals surface area (Å²) in [5, 5.41) is 5.48. The third-order valence-corrected chi connectivity index (χ3v) is 3.34. The fraction of sp³-hybridized carbons (Fsp3) is 0.273. The number of alkyl halides is 3. The molecule has 0 bridgehead atoms. The van der Waals surface area contributed by atoms with E-state index < -0.39 is 23.5 Å². The van der Waals surface area contributed by atoms with Crippen LogP contribution in [0.3, 0.4) is 0 Å². The summed E-state index contributed by atoms with van der Waals surface area (Å²) in [6, 6.07) is -0.764. The van der Waals surface area contributed by atoms with Gasteiger partial charge in [-0.25, -0.2) is 14.8 Å². The zero-order valence-corrected chi connectivity index (χ0v) is 12.0. The molecule has 0 aromatic carbocycles. The number of carbonyl (C=O) groups is 1. The van der Waals surface area contributed by atoms with Crippen LogP contribution in [0.5, 0.6) is 0 Å². The molecule has 0 aliphatic carbocycles. The Balaban J connectivity index is 1.94. The van der Waals surface area contributed by atoms with E-state index in [2.05, 4.69) is 20.6 Å². The summed E-state index contributed by atoms with van der Waals surface area (Å²) in [5.41, 5.74) is -1.51. The molecule has 2 amide bonds. The maximum absolute atomic E-state index is 12.4. The largest absolute Gasteiger partial charge is 0.434 e. The van der Waals surface area contributed by atoms with Gasteiger partial charge in [0, 0.05) is 24.8 Å². The molecule has 11 heteroatoms. The second-order valence-corrected chi connectivity index (χ2v) is 5.07. The van der Waals surface area contributed by atoms with Crippen LogP contribution in [0.25, 0.3) is 0 Å². The van der Waals surface area contributed by atoms with E-state index in [9.17, 15) is 22.8 Å². The van der Waals surface area contributed by atoms with Gasteiger partial charge >= 0.3 is 12.2 Å². The van der Waals surface area contributed by atoms with Gasteiger partial charge in [0.1, 0.15) is 5.01 Å². The minimum absolute atomic E-state index is 0.0939. The second kappa shape index (κ2) is 6.13. The molecule has 118 valence electrons. The first kappa shape index (κ1) is 15.9. The van der Waals surface area contributed by atoms with E-state index in [1.807, 2.05) is 0 Å². The molecule has 0 atom stereocenters. The predicted octanol–water partition coefficient (Wildman–Crippen LogP) is 1.58. The van der Waals surface area contributed by atoms with E-state index in [1.165, 1.54) is 24.0 Å². The Morgan fingerprint density at radius 1 is 1.45 bits per heavy atom. The summed E-state index contributed by atoms with van der Waals surface area (Å²) >= 11 is 0.775. The lowest BCUT2D eigenvalue weighted by molar-refractivity contribution is -0.140. The molecule has 0 unspecified atom stereocenters. The normalized spacial score (nSPS) is 11.3. The van der Waals surface area contributed by atoms with Crippen LogP contribution in [0.15, 0.2) is 22.6 Å². The lowest BCUT2D eigenvalue weighted by Gasteiger charge is -2.06. The van der Waals surface area contributed by atoms with Crippen molar-refractivity contribution in [2.75, 3.05) is 5.32 Å². The minimum Gasteiger partial charge on any atom is -0.331 e. The van der Waals surface area contributed by atoms with Gasteiger partial charge in [0.2, 0.25) is 5.82 Å². The molecule has 22 heavy (non-hydrogen) atoms. The summed E-state index contributed by atoms with van der Waals surface area (Å²) < 4.78 is 38.3. The molecule has 2 aromatic heterocycles. The van der Waals surface area contributed by atoms with Gasteiger partial charge < -0.3 is 9.88 Å². The van der Waals surface area contributed by atoms with Gasteiger partial charge in [-0.2, -0.15) is 13.2 Å². The Morgan fingerprint density at radius 3 is 2.82 bits per heavy atom. The Kier molecular flexibility index (Phi) is 4.45. The van der Waals surface area contributed by atoms with Crippen molar-refractivity contribution < 1.29 is 18.0 Å². The molecular formula is C11H10F3N5O2S. The number of carbonyl (C=O) groups excluding carboxylic acids is 1. The molecule has 0 aliphatic rings. The van der Waals surface area contributed by atoms with Gasteiger partial charge in [0.25, 0.3) is 5.56 Å². The maximum atomic E-state index is 12.4. The number of nitrogens with one attached hydrogen (secondary N) is 2. The van der Waals surface area contributed by atoms with Crippen molar-refractivity contribution >= 4 is 23.2 Å². The number of urea groups is 1. The smallest absolute Gasteiger partial charge is 0.331 e. The van der Waals surface area contributed by atoms with Gasteiger partial charge in [-0.15, -0.1) is 11.3 Å². The summed E-state index contributed by atoms with van der Waals surface area (Å²) in [4.78, 5) is 30.3. The predicted molar refractivity (Wildman–Crippen MR) is 72.5 cm³/mol. The van der Waals surface area contributed by atoms with Crippen LogP contribution in [0, 0.1) is 0 Å². The highest BCUT2D eigenvalue weighted by Gasteiger charge is 2.33. The fourth-order valence-corrected chi connectivity index (χ4v) is 2.15. The molecule has 0 radical (unpaired) electrons. The standard InChI is InChI=1S/C11H10F3N5O2S/c1-19-3-2-15-8(9(19)20)18-10(21)16-4-7-17-6(5-22-7)11(12,13)14/h2-3,5H,4H2,1H3,(H2,15,16,18,21). The van der Waals surface area contributed by atoms with Crippen molar-refractivity contribution in [2.45, 2.75) is 12.7 Å². The Morgan fingerprint density at radius 2 is 2.18 bits per heavy atom. The molecule has 0 spiro atoms. The topological polar surface area (TPSA) is 88.9 Å². The highest BCUT2D eigenvalue weighted by Crippen LogP contribution is 2.29. The van der Waals surface area contributed by atoms with Gasteiger partial charge in [-0.05, 0) is 0 Å². The van der Waals surface area contributed by atoms with E-state index in [0.29, 0.717) is 0 Å². The SMILES string of the molecule is Cn1ccnc(NC(=O)NCc2nc(C(F)(F)F)cs2)c1=O. The van der Waals surface area contributed by atoms with Crippen molar-refractivity contribution in [1.82, 2.24) is 19.9 Å². The van der Waals surface area contributed by atoms with Crippen molar-refractivity contribution in [3.05, 3.63) is 38.8 Å². The fourth-order valence-electron chi connectivity index (χ4n) is 1.41. The van der Waals surface area contributed by atoms with Gasteiger partial charge in [-0.1, -0.05) is 0 Å². The molecule has 2 heterocycles.